The monoisotopic (exact) mass is 362 g/mol. The number of fused-ring (bicyclic) bond motifs is 2. The Kier molecular flexibility index (Phi) is 4.73. The van der Waals surface area contributed by atoms with Crippen molar-refractivity contribution < 1.29 is 9.59 Å². The van der Waals surface area contributed by atoms with E-state index in [9.17, 15) is 9.59 Å². The van der Waals surface area contributed by atoms with Crippen molar-refractivity contribution >= 4 is 11.8 Å². The van der Waals surface area contributed by atoms with Gasteiger partial charge in [0.2, 0.25) is 0 Å². The lowest BCUT2D eigenvalue weighted by molar-refractivity contribution is 0.0241. The predicted octanol–water partition coefficient (Wildman–Crippen LogP) is 3.54. The van der Waals surface area contributed by atoms with E-state index in [1.165, 1.54) is 0 Å². The normalized spacial score (nSPS) is 21.9. The van der Waals surface area contributed by atoms with E-state index < -0.39 is 0 Å². The van der Waals surface area contributed by atoms with Crippen LogP contribution in [0.1, 0.15) is 38.3 Å². The van der Waals surface area contributed by atoms with Gasteiger partial charge in [-0.1, -0.05) is 35.9 Å². The molecule has 140 valence electrons. The first-order valence-electron chi connectivity index (χ1n) is 9.72. The molecule has 2 amide bonds. The van der Waals surface area contributed by atoms with Crippen LogP contribution in [-0.2, 0) is 0 Å². The maximum Gasteiger partial charge on any atom is 0.254 e. The molecule has 0 spiro atoms. The Bertz CT molecular complexity index is 848. The Balaban J connectivity index is 1.47. The number of nitrogens with zero attached hydrogens (tertiary/aromatic N) is 2. The van der Waals surface area contributed by atoms with E-state index in [-0.39, 0.29) is 11.8 Å². The van der Waals surface area contributed by atoms with Crippen molar-refractivity contribution in [3.8, 4) is 0 Å². The van der Waals surface area contributed by atoms with Crippen LogP contribution in [-0.4, -0.2) is 47.8 Å². The molecule has 2 aromatic carbocycles. The van der Waals surface area contributed by atoms with Crippen LogP contribution in [0.2, 0.25) is 0 Å². The van der Waals surface area contributed by atoms with Crippen molar-refractivity contribution in [3.05, 3.63) is 70.8 Å². The summed E-state index contributed by atoms with van der Waals surface area (Å²) in [6, 6.07) is 15.6. The molecule has 27 heavy (non-hydrogen) atoms. The third kappa shape index (κ3) is 3.61. The fourth-order valence-electron chi connectivity index (χ4n) is 4.51. The number of amides is 2. The fourth-order valence-corrected chi connectivity index (χ4v) is 4.51. The second-order valence-corrected chi connectivity index (χ2v) is 8.07. The van der Waals surface area contributed by atoms with E-state index in [2.05, 4.69) is 0 Å². The van der Waals surface area contributed by atoms with Crippen LogP contribution >= 0.6 is 0 Å². The zero-order valence-corrected chi connectivity index (χ0v) is 16.0. The number of likely N-dealkylation sites (tertiary alicyclic amines) is 2. The highest BCUT2D eigenvalue weighted by molar-refractivity contribution is 5.96. The highest BCUT2D eigenvalue weighted by atomic mass is 16.2. The fraction of sp³-hybridized carbons (Fsp3) is 0.391. The summed E-state index contributed by atoms with van der Waals surface area (Å²) in [4.78, 5) is 29.9. The van der Waals surface area contributed by atoms with Gasteiger partial charge in [-0.15, -0.1) is 0 Å². The molecule has 2 fully saturated rings. The summed E-state index contributed by atoms with van der Waals surface area (Å²) in [5.41, 5.74) is 3.70. The Hall–Kier alpha value is -2.62. The summed E-state index contributed by atoms with van der Waals surface area (Å²) in [5.74, 6) is 0.965. The van der Waals surface area contributed by atoms with E-state index in [4.69, 9.17) is 0 Å². The topological polar surface area (TPSA) is 40.6 Å². The van der Waals surface area contributed by atoms with Crippen molar-refractivity contribution in [3.63, 3.8) is 0 Å². The van der Waals surface area contributed by atoms with Crippen molar-refractivity contribution in [1.29, 1.82) is 0 Å². The first kappa shape index (κ1) is 17.8. The first-order valence-corrected chi connectivity index (χ1v) is 9.72. The lowest BCUT2D eigenvalue weighted by Gasteiger charge is -2.46. The maximum absolute atomic E-state index is 13.1. The quantitative estimate of drug-likeness (QED) is 0.820. The van der Waals surface area contributed by atoms with E-state index in [0.717, 1.165) is 54.9 Å². The predicted molar refractivity (Wildman–Crippen MR) is 106 cm³/mol. The summed E-state index contributed by atoms with van der Waals surface area (Å²) >= 11 is 0. The third-order valence-electron chi connectivity index (χ3n) is 5.80. The molecule has 2 aromatic rings. The van der Waals surface area contributed by atoms with Crippen molar-refractivity contribution in [2.75, 3.05) is 26.2 Å². The van der Waals surface area contributed by atoms with Crippen molar-refractivity contribution in [1.82, 2.24) is 9.80 Å². The largest absolute Gasteiger partial charge is 0.338 e. The molecule has 4 heteroatoms. The van der Waals surface area contributed by atoms with E-state index in [1.54, 1.807) is 0 Å². The number of aryl methyl sites for hydroxylation is 2. The van der Waals surface area contributed by atoms with Gasteiger partial charge in [-0.05, 0) is 55.9 Å². The second kappa shape index (κ2) is 7.18. The summed E-state index contributed by atoms with van der Waals surface area (Å²) in [6.45, 7) is 6.97. The summed E-state index contributed by atoms with van der Waals surface area (Å²) in [6.07, 6.45) is 1.11. The van der Waals surface area contributed by atoms with Crippen LogP contribution in [0.15, 0.2) is 48.5 Å². The number of hydrogen-bond donors (Lipinski definition) is 0. The van der Waals surface area contributed by atoms with Gasteiger partial charge in [0, 0.05) is 37.3 Å². The Morgan fingerprint density at radius 2 is 1.41 bits per heavy atom. The van der Waals surface area contributed by atoms with Gasteiger partial charge in [0.05, 0.1) is 0 Å². The third-order valence-corrected chi connectivity index (χ3v) is 5.80. The van der Waals surface area contributed by atoms with E-state index in [0.29, 0.717) is 11.8 Å². The molecule has 0 saturated carbocycles. The van der Waals surface area contributed by atoms with Gasteiger partial charge in [-0.3, -0.25) is 9.59 Å². The zero-order chi connectivity index (χ0) is 19.0. The number of hydrogen-bond acceptors (Lipinski definition) is 2. The van der Waals surface area contributed by atoms with Crippen LogP contribution in [0.3, 0.4) is 0 Å². The number of benzene rings is 2. The van der Waals surface area contributed by atoms with Crippen LogP contribution in [0.5, 0.6) is 0 Å². The SMILES string of the molecule is Cc1ccc(C)c(C(=O)N2CC3C[C@@H](CN(C(=O)c4ccccc4)C3)C2)c1. The molecule has 2 bridgehead atoms. The van der Waals surface area contributed by atoms with Gasteiger partial charge in [0.15, 0.2) is 0 Å². The number of piperidine rings is 2. The molecule has 0 radical (unpaired) electrons. The van der Waals surface area contributed by atoms with Crippen LogP contribution in [0.4, 0.5) is 0 Å². The Morgan fingerprint density at radius 3 is 2.04 bits per heavy atom. The average molecular weight is 362 g/mol. The molecule has 1 unspecified atom stereocenters. The Morgan fingerprint density at radius 1 is 0.815 bits per heavy atom. The molecule has 0 aromatic heterocycles. The molecule has 2 atom stereocenters. The van der Waals surface area contributed by atoms with Crippen LogP contribution in [0.25, 0.3) is 0 Å². The Labute approximate surface area is 160 Å². The molecule has 0 aliphatic carbocycles. The summed E-state index contributed by atoms with van der Waals surface area (Å²) in [5, 5.41) is 0. The van der Waals surface area contributed by atoms with Crippen molar-refractivity contribution in [2.45, 2.75) is 20.3 Å². The van der Waals surface area contributed by atoms with E-state index in [1.807, 2.05) is 72.2 Å². The molecule has 4 nitrogen and oxygen atoms in total. The minimum atomic E-state index is 0.111. The lowest BCUT2D eigenvalue weighted by atomic mass is 9.84. The van der Waals surface area contributed by atoms with E-state index >= 15 is 0 Å². The smallest absolute Gasteiger partial charge is 0.254 e. The van der Waals surface area contributed by atoms with Crippen LogP contribution < -0.4 is 0 Å². The first-order chi connectivity index (χ1) is 13.0. The molecule has 2 aliphatic heterocycles. The molecule has 4 rings (SSSR count). The van der Waals surface area contributed by atoms with Gasteiger partial charge in [0.1, 0.15) is 0 Å². The van der Waals surface area contributed by atoms with Crippen molar-refractivity contribution in [2.24, 2.45) is 11.8 Å². The molecule has 2 heterocycles. The maximum atomic E-state index is 13.1. The average Bonchev–Trinajstić information content (AvgIpc) is 2.68. The minimum Gasteiger partial charge on any atom is -0.338 e. The number of carbonyl (C=O) groups excluding carboxylic acids is 2. The second-order valence-electron chi connectivity index (χ2n) is 8.07. The molecule has 2 aliphatic rings. The molecule has 2 saturated heterocycles. The number of rotatable bonds is 2. The number of carbonyl (C=O) groups is 2. The van der Waals surface area contributed by atoms with Gasteiger partial charge in [-0.25, -0.2) is 0 Å². The minimum absolute atomic E-state index is 0.111. The summed E-state index contributed by atoms with van der Waals surface area (Å²) < 4.78 is 0. The van der Waals surface area contributed by atoms with Gasteiger partial charge >= 0.3 is 0 Å². The molecular formula is C23H26N2O2. The standard InChI is InChI=1S/C23H26N2O2/c1-16-8-9-17(2)21(10-16)23(27)25-14-18-11-19(15-25)13-24(12-18)22(26)20-6-4-3-5-7-20/h3-10,18-19H,11-15H2,1-2H3/t18-,19?/m0/s1. The highest BCUT2D eigenvalue weighted by Crippen LogP contribution is 2.30. The zero-order valence-electron chi connectivity index (χ0n) is 16.0. The van der Waals surface area contributed by atoms with Gasteiger partial charge < -0.3 is 9.80 Å². The van der Waals surface area contributed by atoms with Gasteiger partial charge in [-0.2, -0.15) is 0 Å². The van der Waals surface area contributed by atoms with Gasteiger partial charge in [0.25, 0.3) is 11.8 Å². The highest BCUT2D eigenvalue weighted by Gasteiger charge is 2.38. The summed E-state index contributed by atoms with van der Waals surface area (Å²) in [7, 11) is 0. The molecular weight excluding hydrogens is 336 g/mol. The van der Waals surface area contributed by atoms with Crippen LogP contribution in [0, 0.1) is 25.7 Å². The lowest BCUT2D eigenvalue weighted by Crippen LogP contribution is -2.55. The molecule has 0 N–H and O–H groups in total.